The molecule has 0 saturated carbocycles. The summed E-state index contributed by atoms with van der Waals surface area (Å²) < 4.78 is 0. The third kappa shape index (κ3) is 1.62. The minimum Gasteiger partial charge on any atom is -0.294 e. The smallest absolute Gasteiger partial charge is 0.245 e. The fourth-order valence-corrected chi connectivity index (χ4v) is 0.837. The Morgan fingerprint density at radius 1 is 1.64 bits per heavy atom. The van der Waals surface area contributed by atoms with Gasteiger partial charge in [-0.25, -0.2) is 0 Å². The van der Waals surface area contributed by atoms with Crippen LogP contribution in [0.2, 0.25) is 5.02 Å². The van der Waals surface area contributed by atoms with E-state index in [1.165, 1.54) is 12.3 Å². The number of aromatic nitrogens is 1. The number of aldehydes is 1. The molecule has 0 spiro atoms. The second-order valence-electron chi connectivity index (χ2n) is 1.82. The van der Waals surface area contributed by atoms with Gasteiger partial charge >= 0.3 is 0 Å². The first kappa shape index (κ1) is 7.88. The van der Waals surface area contributed by atoms with Crippen LogP contribution in [0, 0.1) is 0 Å². The predicted molar refractivity (Wildman–Crippen MR) is 39.6 cm³/mol. The largest absolute Gasteiger partial charge is 0.294 e. The quantitative estimate of drug-likeness (QED) is 0.379. The Morgan fingerprint density at radius 3 is 2.91 bits per heavy atom. The first-order chi connectivity index (χ1) is 5.25. The van der Waals surface area contributed by atoms with Crippen molar-refractivity contribution in [3.05, 3.63) is 29.0 Å². The van der Waals surface area contributed by atoms with E-state index in [0.29, 0.717) is 0 Å². The molecule has 1 rings (SSSR count). The summed E-state index contributed by atoms with van der Waals surface area (Å²) >= 11 is 5.56. The van der Waals surface area contributed by atoms with E-state index in [4.69, 9.17) is 11.6 Å². The van der Waals surface area contributed by atoms with Gasteiger partial charge in [0.2, 0.25) is 5.78 Å². The molecule has 0 amide bonds. The Hall–Kier alpha value is -1.22. The first-order valence-electron chi connectivity index (χ1n) is 2.85. The van der Waals surface area contributed by atoms with Crippen LogP contribution in [0.15, 0.2) is 18.3 Å². The van der Waals surface area contributed by atoms with Gasteiger partial charge in [-0.15, -0.1) is 0 Å². The highest BCUT2D eigenvalue weighted by Gasteiger charge is 2.08. The molecule has 11 heavy (non-hydrogen) atoms. The molecule has 1 aromatic rings. The van der Waals surface area contributed by atoms with E-state index >= 15 is 0 Å². The van der Waals surface area contributed by atoms with Crippen molar-refractivity contribution in [3.8, 4) is 0 Å². The van der Waals surface area contributed by atoms with E-state index in [-0.39, 0.29) is 17.0 Å². The van der Waals surface area contributed by atoms with Gasteiger partial charge in [0.15, 0.2) is 6.29 Å². The van der Waals surface area contributed by atoms with Gasteiger partial charge in [-0.2, -0.15) is 0 Å². The number of Topliss-reactive ketones (excluding diaryl/α,β-unsaturated/α-hetero) is 1. The van der Waals surface area contributed by atoms with Crippen molar-refractivity contribution in [1.29, 1.82) is 0 Å². The van der Waals surface area contributed by atoms with Gasteiger partial charge in [0, 0.05) is 6.20 Å². The van der Waals surface area contributed by atoms with Gasteiger partial charge in [-0.1, -0.05) is 11.6 Å². The molecule has 4 heteroatoms. The lowest BCUT2D eigenvalue weighted by Gasteiger charge is -1.93. The zero-order valence-electron chi connectivity index (χ0n) is 5.45. The van der Waals surface area contributed by atoms with Crippen LogP contribution in [0.5, 0.6) is 0 Å². The molecule has 56 valence electrons. The van der Waals surface area contributed by atoms with E-state index in [2.05, 4.69) is 4.98 Å². The van der Waals surface area contributed by atoms with Gasteiger partial charge in [0.25, 0.3) is 0 Å². The summed E-state index contributed by atoms with van der Waals surface area (Å²) in [5.74, 6) is -0.699. The zero-order chi connectivity index (χ0) is 8.27. The minimum absolute atomic E-state index is 0.00386. The van der Waals surface area contributed by atoms with Gasteiger partial charge < -0.3 is 0 Å². The Kier molecular flexibility index (Phi) is 2.33. The van der Waals surface area contributed by atoms with Gasteiger partial charge in [0.1, 0.15) is 5.69 Å². The lowest BCUT2D eigenvalue weighted by molar-refractivity contribution is -0.104. The fourth-order valence-electron chi connectivity index (χ4n) is 0.623. The zero-order valence-corrected chi connectivity index (χ0v) is 6.21. The summed E-state index contributed by atoms with van der Waals surface area (Å²) in [6.45, 7) is 0. The number of hydrogen-bond donors (Lipinski definition) is 0. The number of nitrogens with zero attached hydrogens (tertiary/aromatic N) is 1. The monoisotopic (exact) mass is 169 g/mol. The van der Waals surface area contributed by atoms with Gasteiger partial charge in [-0.3, -0.25) is 14.6 Å². The maximum atomic E-state index is 10.7. The first-order valence-corrected chi connectivity index (χ1v) is 3.23. The summed E-state index contributed by atoms with van der Waals surface area (Å²) in [4.78, 5) is 24.4. The highest BCUT2D eigenvalue weighted by Crippen LogP contribution is 2.11. The fraction of sp³-hybridized carbons (Fsp3) is 0. The number of hydrogen-bond acceptors (Lipinski definition) is 3. The molecule has 0 unspecified atom stereocenters. The van der Waals surface area contributed by atoms with Gasteiger partial charge in [-0.05, 0) is 12.1 Å². The molecule has 0 saturated heterocycles. The topological polar surface area (TPSA) is 47.0 Å². The van der Waals surface area contributed by atoms with Crippen LogP contribution in [0.4, 0.5) is 0 Å². The molecule has 3 nitrogen and oxygen atoms in total. The summed E-state index contributed by atoms with van der Waals surface area (Å²) in [5.41, 5.74) is 0.00386. The standard InChI is InChI=1S/C7H4ClNO2/c8-5-2-1-3-9-7(5)6(11)4-10/h1-4H. The van der Waals surface area contributed by atoms with Crippen molar-refractivity contribution in [2.75, 3.05) is 0 Å². The normalized spacial score (nSPS) is 9.18. The minimum atomic E-state index is -0.699. The van der Waals surface area contributed by atoms with E-state index in [1.807, 2.05) is 0 Å². The maximum Gasteiger partial charge on any atom is 0.245 e. The Bertz CT molecular complexity index is 298. The number of rotatable bonds is 2. The van der Waals surface area contributed by atoms with E-state index in [0.717, 1.165) is 0 Å². The van der Waals surface area contributed by atoms with E-state index in [1.54, 1.807) is 6.07 Å². The number of pyridine rings is 1. The number of carbonyl (C=O) groups excluding carboxylic acids is 2. The van der Waals surface area contributed by atoms with Crippen molar-refractivity contribution < 1.29 is 9.59 Å². The van der Waals surface area contributed by atoms with Crippen molar-refractivity contribution in [1.82, 2.24) is 4.98 Å². The average molecular weight is 170 g/mol. The summed E-state index contributed by atoms with van der Waals surface area (Å²) in [7, 11) is 0. The lowest BCUT2D eigenvalue weighted by Crippen LogP contribution is -2.03. The third-order valence-electron chi connectivity index (χ3n) is 1.10. The summed E-state index contributed by atoms with van der Waals surface area (Å²) in [6, 6.07) is 3.09. The molecule has 0 aliphatic heterocycles. The SMILES string of the molecule is O=CC(=O)c1ncccc1Cl. The van der Waals surface area contributed by atoms with Crippen LogP contribution in [0.1, 0.15) is 10.5 Å². The summed E-state index contributed by atoms with van der Waals surface area (Å²) in [6.07, 6.45) is 1.59. The van der Waals surface area contributed by atoms with Crippen LogP contribution < -0.4 is 0 Å². The molecule has 0 radical (unpaired) electrons. The molecule has 1 aromatic heterocycles. The molecule has 0 bridgehead atoms. The number of halogens is 1. The van der Waals surface area contributed by atoms with Crippen molar-refractivity contribution >= 4 is 23.7 Å². The molecule has 0 atom stereocenters. The number of ketones is 1. The summed E-state index contributed by atoms with van der Waals surface area (Å²) in [5, 5.41) is 0.199. The predicted octanol–water partition coefficient (Wildman–Crippen LogP) is 1.12. The molecule has 0 aliphatic carbocycles. The second-order valence-corrected chi connectivity index (χ2v) is 2.22. The lowest BCUT2D eigenvalue weighted by atomic mass is 10.3. The number of carbonyl (C=O) groups is 2. The van der Waals surface area contributed by atoms with Crippen LogP contribution in [-0.4, -0.2) is 17.1 Å². The second kappa shape index (κ2) is 3.25. The molecule has 0 fully saturated rings. The average Bonchev–Trinajstić information content (AvgIpc) is 2.04. The molecule has 0 N–H and O–H groups in total. The van der Waals surface area contributed by atoms with Crippen LogP contribution in [0.25, 0.3) is 0 Å². The van der Waals surface area contributed by atoms with E-state index < -0.39 is 5.78 Å². The molecule has 0 aliphatic rings. The molecular formula is C7H4ClNO2. The van der Waals surface area contributed by atoms with Crippen LogP contribution in [0.3, 0.4) is 0 Å². The van der Waals surface area contributed by atoms with Crippen molar-refractivity contribution in [2.24, 2.45) is 0 Å². The van der Waals surface area contributed by atoms with E-state index in [9.17, 15) is 9.59 Å². The Labute approximate surface area is 68.0 Å². The Morgan fingerprint density at radius 2 is 2.36 bits per heavy atom. The Balaban J connectivity index is 3.13. The highest BCUT2D eigenvalue weighted by molar-refractivity contribution is 6.40. The molecule has 1 heterocycles. The molecule has 0 aromatic carbocycles. The van der Waals surface area contributed by atoms with Crippen molar-refractivity contribution in [2.45, 2.75) is 0 Å². The highest BCUT2D eigenvalue weighted by atomic mass is 35.5. The maximum absolute atomic E-state index is 10.7. The van der Waals surface area contributed by atoms with Crippen molar-refractivity contribution in [3.63, 3.8) is 0 Å². The van der Waals surface area contributed by atoms with Crippen LogP contribution >= 0.6 is 11.6 Å². The van der Waals surface area contributed by atoms with Crippen LogP contribution in [-0.2, 0) is 4.79 Å². The third-order valence-corrected chi connectivity index (χ3v) is 1.40. The molecular weight excluding hydrogens is 166 g/mol. The van der Waals surface area contributed by atoms with Gasteiger partial charge in [0.05, 0.1) is 5.02 Å².